The highest BCUT2D eigenvalue weighted by molar-refractivity contribution is 9.10. The van der Waals surface area contributed by atoms with E-state index in [1.165, 1.54) is 9.13 Å². The fourth-order valence-electron chi connectivity index (χ4n) is 3.23. The predicted molar refractivity (Wildman–Crippen MR) is 112 cm³/mol. The Morgan fingerprint density at radius 3 is 2.50 bits per heavy atom. The number of unbranched alkanes of at least 4 members (excludes halogenated alkanes) is 1. The summed E-state index contributed by atoms with van der Waals surface area (Å²) in [6.07, 6.45) is 2.18. The molecule has 0 aliphatic heterocycles. The summed E-state index contributed by atoms with van der Waals surface area (Å²) in [5.41, 5.74) is 0.737. The largest absolute Gasteiger partial charge is 0.332 e. The molecule has 0 saturated carbocycles. The van der Waals surface area contributed by atoms with Gasteiger partial charge in [-0.1, -0.05) is 31.5 Å². The highest BCUT2D eigenvalue weighted by Gasteiger charge is 2.20. The zero-order chi connectivity index (χ0) is 20.4. The Labute approximate surface area is 170 Å². The number of nitrogens with zero attached hydrogens (tertiary/aromatic N) is 4. The van der Waals surface area contributed by atoms with Crippen molar-refractivity contribution in [2.45, 2.75) is 39.7 Å². The van der Waals surface area contributed by atoms with E-state index in [2.05, 4.69) is 20.9 Å². The third kappa shape index (κ3) is 3.73. The lowest BCUT2D eigenvalue weighted by atomic mass is 10.0. The van der Waals surface area contributed by atoms with Gasteiger partial charge in [-0.2, -0.15) is 0 Å². The lowest BCUT2D eigenvalue weighted by Crippen LogP contribution is -2.39. The number of imidazole rings is 1. The van der Waals surface area contributed by atoms with Crippen molar-refractivity contribution in [3.8, 4) is 5.69 Å². The minimum Gasteiger partial charge on any atom is -0.300 e. The van der Waals surface area contributed by atoms with Crippen molar-refractivity contribution in [1.82, 2.24) is 18.7 Å². The molecule has 0 bridgehead atoms. The third-order valence-corrected chi connectivity index (χ3v) is 5.61. The number of carbonyl (C=O) groups excluding carboxylic acids is 1. The molecule has 3 rings (SSSR count). The van der Waals surface area contributed by atoms with E-state index in [1.807, 2.05) is 37.3 Å². The number of aromatic nitrogens is 4. The molecule has 8 heteroatoms. The van der Waals surface area contributed by atoms with Gasteiger partial charge in [0.15, 0.2) is 15.9 Å². The predicted octanol–water partition coefficient (Wildman–Crippen LogP) is 3.04. The van der Waals surface area contributed by atoms with Crippen LogP contribution in [0.15, 0.2) is 44.7 Å². The van der Waals surface area contributed by atoms with Gasteiger partial charge in [-0.3, -0.25) is 23.3 Å². The molecule has 7 nitrogen and oxygen atoms in total. The summed E-state index contributed by atoms with van der Waals surface area (Å²) in [4.78, 5) is 41.6. The highest BCUT2D eigenvalue weighted by Crippen LogP contribution is 2.21. The number of halogens is 1. The second-order valence-corrected chi connectivity index (χ2v) is 7.74. The van der Waals surface area contributed by atoms with Gasteiger partial charge in [-0.25, -0.2) is 9.78 Å². The monoisotopic (exact) mass is 446 g/mol. The molecule has 28 heavy (non-hydrogen) atoms. The number of carbonyl (C=O) groups is 1. The lowest BCUT2D eigenvalue weighted by Gasteiger charge is -2.11. The van der Waals surface area contributed by atoms with E-state index in [0.29, 0.717) is 28.9 Å². The number of benzene rings is 1. The molecule has 0 unspecified atom stereocenters. The van der Waals surface area contributed by atoms with Crippen LogP contribution in [0.1, 0.15) is 33.1 Å². The van der Waals surface area contributed by atoms with E-state index in [9.17, 15) is 14.4 Å². The number of Topliss-reactive ketones (excluding diaryl/α,β-unsaturated/α-hetero) is 1. The van der Waals surface area contributed by atoms with Gasteiger partial charge in [0.25, 0.3) is 5.56 Å². The maximum atomic E-state index is 13.2. The van der Waals surface area contributed by atoms with E-state index in [1.54, 1.807) is 18.5 Å². The van der Waals surface area contributed by atoms with Crippen LogP contribution in [-0.4, -0.2) is 24.5 Å². The van der Waals surface area contributed by atoms with Crippen molar-refractivity contribution in [3.05, 3.63) is 55.9 Å². The normalized spacial score (nSPS) is 12.4. The van der Waals surface area contributed by atoms with E-state index in [-0.39, 0.29) is 23.0 Å². The van der Waals surface area contributed by atoms with Crippen molar-refractivity contribution in [2.24, 2.45) is 13.0 Å². The molecule has 0 saturated heterocycles. The average Bonchev–Trinajstić information content (AvgIpc) is 3.03. The van der Waals surface area contributed by atoms with Crippen molar-refractivity contribution in [3.63, 3.8) is 0 Å². The summed E-state index contributed by atoms with van der Waals surface area (Å²) in [6.45, 7) is 3.79. The van der Waals surface area contributed by atoms with Crippen molar-refractivity contribution in [1.29, 1.82) is 0 Å². The maximum absolute atomic E-state index is 13.2. The van der Waals surface area contributed by atoms with Crippen LogP contribution in [0.5, 0.6) is 0 Å². The minimum absolute atomic E-state index is 0.00231. The summed E-state index contributed by atoms with van der Waals surface area (Å²) in [7, 11) is 1.62. The van der Waals surface area contributed by atoms with Crippen LogP contribution in [0.2, 0.25) is 0 Å². The summed E-state index contributed by atoms with van der Waals surface area (Å²) < 4.78 is 4.84. The molecule has 0 aliphatic rings. The first-order valence-electron chi connectivity index (χ1n) is 9.26. The maximum Gasteiger partial charge on any atom is 0.332 e. The fraction of sp³-hybridized carbons (Fsp3) is 0.400. The van der Waals surface area contributed by atoms with E-state index in [0.717, 1.165) is 18.5 Å². The Hall–Kier alpha value is -2.48. The first-order valence-corrected chi connectivity index (χ1v) is 10.1. The Kier molecular flexibility index (Phi) is 5.98. The molecular weight excluding hydrogens is 424 g/mol. The Bertz CT molecular complexity index is 1130. The number of hydrogen-bond donors (Lipinski definition) is 0. The summed E-state index contributed by atoms with van der Waals surface area (Å²) >= 11 is 3.41. The van der Waals surface area contributed by atoms with Crippen LogP contribution < -0.4 is 11.2 Å². The molecule has 0 N–H and O–H groups in total. The smallest absolute Gasteiger partial charge is 0.300 e. The van der Waals surface area contributed by atoms with Gasteiger partial charge in [0, 0.05) is 25.2 Å². The topological polar surface area (TPSA) is 78.9 Å². The molecule has 1 aromatic carbocycles. The zero-order valence-corrected chi connectivity index (χ0v) is 17.8. The second-order valence-electron chi connectivity index (χ2n) is 7.03. The van der Waals surface area contributed by atoms with Gasteiger partial charge in [0.2, 0.25) is 0 Å². The highest BCUT2D eigenvalue weighted by atomic mass is 79.9. The lowest BCUT2D eigenvalue weighted by molar-refractivity contribution is -0.120. The number of fused-ring (bicyclic) bond motifs is 1. The first kappa shape index (κ1) is 20.3. The molecule has 0 aliphatic carbocycles. The Morgan fingerprint density at radius 1 is 1.18 bits per heavy atom. The summed E-state index contributed by atoms with van der Waals surface area (Å²) in [5.74, 6) is 0.156. The number of rotatable bonds is 7. The standard InChI is InChI=1S/C20H23BrN4O3/c1-13(14(2)26)9-7-8-12-24-18(27)16-17(23(3)20(24)28)22-19(21)25(16)15-10-5-4-6-11-15/h4-6,10-11,13H,7-9,12H2,1-3H3/t13-/m1/s1. The van der Waals surface area contributed by atoms with E-state index >= 15 is 0 Å². The number of para-hydroxylation sites is 1. The van der Waals surface area contributed by atoms with Gasteiger partial charge in [-0.15, -0.1) is 0 Å². The SMILES string of the molecule is CC(=O)[C@H](C)CCCCn1c(=O)c2c(nc(Br)n2-c2ccccc2)n(C)c1=O. The molecule has 0 radical (unpaired) electrons. The zero-order valence-electron chi connectivity index (χ0n) is 16.2. The second kappa shape index (κ2) is 8.26. The summed E-state index contributed by atoms with van der Waals surface area (Å²) in [5, 5.41) is 0. The third-order valence-electron chi connectivity index (χ3n) is 5.08. The first-order chi connectivity index (χ1) is 13.3. The average molecular weight is 447 g/mol. The molecule has 0 fully saturated rings. The molecule has 148 valence electrons. The van der Waals surface area contributed by atoms with Crippen LogP contribution in [0.4, 0.5) is 0 Å². The molecule has 3 aromatic rings. The van der Waals surface area contributed by atoms with Gasteiger partial charge in [-0.05, 0) is 47.8 Å². The minimum atomic E-state index is -0.387. The number of hydrogen-bond acceptors (Lipinski definition) is 4. The van der Waals surface area contributed by atoms with Crippen molar-refractivity contribution >= 4 is 32.9 Å². The van der Waals surface area contributed by atoms with Gasteiger partial charge in [0.1, 0.15) is 5.78 Å². The molecule has 2 heterocycles. The molecular formula is C20H23BrN4O3. The van der Waals surface area contributed by atoms with Gasteiger partial charge in [0.05, 0.1) is 0 Å². The van der Waals surface area contributed by atoms with Crippen molar-refractivity contribution < 1.29 is 4.79 Å². The molecule has 1 atom stereocenters. The van der Waals surface area contributed by atoms with Gasteiger partial charge >= 0.3 is 5.69 Å². The van der Waals surface area contributed by atoms with E-state index < -0.39 is 0 Å². The Morgan fingerprint density at radius 2 is 1.86 bits per heavy atom. The van der Waals surface area contributed by atoms with Crippen LogP contribution >= 0.6 is 15.9 Å². The van der Waals surface area contributed by atoms with Crippen LogP contribution in [0.25, 0.3) is 16.9 Å². The molecule has 0 amide bonds. The van der Waals surface area contributed by atoms with Crippen LogP contribution in [0, 0.1) is 5.92 Å². The van der Waals surface area contributed by atoms with Crippen molar-refractivity contribution in [2.75, 3.05) is 0 Å². The van der Waals surface area contributed by atoms with E-state index in [4.69, 9.17) is 0 Å². The Balaban J connectivity index is 2.02. The number of aryl methyl sites for hydroxylation is 1. The quantitative estimate of drug-likeness (QED) is 0.412. The fourth-order valence-corrected chi connectivity index (χ4v) is 3.78. The molecule has 0 spiro atoms. The van der Waals surface area contributed by atoms with Gasteiger partial charge < -0.3 is 0 Å². The molecule has 2 aromatic heterocycles. The number of ketones is 1. The van der Waals surface area contributed by atoms with Crippen LogP contribution in [-0.2, 0) is 18.4 Å². The van der Waals surface area contributed by atoms with Crippen LogP contribution in [0.3, 0.4) is 0 Å². The summed E-state index contributed by atoms with van der Waals surface area (Å²) in [6, 6.07) is 9.41.